The Bertz CT molecular complexity index is 676. The fourth-order valence-corrected chi connectivity index (χ4v) is 2.97. The number of aryl methyl sites for hydroxylation is 1. The SMILES string of the molecule is Cc1ccccc1CNc1ccc(C(=O)N2CCCCCC2)nn1. The fraction of sp³-hybridized carbons (Fsp3) is 0.421. The van der Waals surface area contributed by atoms with E-state index in [9.17, 15) is 4.79 Å². The van der Waals surface area contributed by atoms with Crippen molar-refractivity contribution in [2.45, 2.75) is 39.2 Å². The van der Waals surface area contributed by atoms with Gasteiger partial charge in [0.1, 0.15) is 5.82 Å². The molecule has 0 unspecified atom stereocenters. The Morgan fingerprint density at radius 1 is 1.04 bits per heavy atom. The summed E-state index contributed by atoms with van der Waals surface area (Å²) in [7, 11) is 0. The molecule has 0 bridgehead atoms. The minimum absolute atomic E-state index is 0.00476. The molecule has 1 aliphatic heterocycles. The summed E-state index contributed by atoms with van der Waals surface area (Å²) in [6, 6.07) is 11.8. The molecule has 0 saturated carbocycles. The highest BCUT2D eigenvalue weighted by atomic mass is 16.2. The average molecular weight is 324 g/mol. The molecule has 0 aliphatic carbocycles. The van der Waals surface area contributed by atoms with E-state index in [-0.39, 0.29) is 5.91 Å². The maximum atomic E-state index is 12.5. The van der Waals surface area contributed by atoms with Crippen LogP contribution in [-0.2, 0) is 6.54 Å². The molecule has 24 heavy (non-hydrogen) atoms. The van der Waals surface area contributed by atoms with Crippen LogP contribution in [0.2, 0.25) is 0 Å². The van der Waals surface area contributed by atoms with Crippen LogP contribution in [0.5, 0.6) is 0 Å². The second kappa shape index (κ2) is 7.90. The minimum atomic E-state index is -0.00476. The van der Waals surface area contributed by atoms with Gasteiger partial charge in [0.05, 0.1) is 0 Å². The van der Waals surface area contributed by atoms with Crippen LogP contribution >= 0.6 is 0 Å². The number of anilines is 1. The van der Waals surface area contributed by atoms with Crippen LogP contribution in [0.1, 0.15) is 47.3 Å². The molecule has 126 valence electrons. The number of hydrogen-bond acceptors (Lipinski definition) is 4. The van der Waals surface area contributed by atoms with E-state index in [1.807, 2.05) is 23.1 Å². The van der Waals surface area contributed by atoms with Gasteiger partial charge in [-0.15, -0.1) is 10.2 Å². The number of hydrogen-bond donors (Lipinski definition) is 1. The molecule has 2 heterocycles. The molecule has 0 atom stereocenters. The summed E-state index contributed by atoms with van der Waals surface area (Å²) in [6.07, 6.45) is 4.57. The van der Waals surface area contributed by atoms with Crippen molar-refractivity contribution in [2.75, 3.05) is 18.4 Å². The van der Waals surface area contributed by atoms with Gasteiger partial charge in [-0.05, 0) is 43.0 Å². The number of likely N-dealkylation sites (tertiary alicyclic amines) is 1. The van der Waals surface area contributed by atoms with E-state index in [1.54, 1.807) is 6.07 Å². The van der Waals surface area contributed by atoms with Crippen molar-refractivity contribution < 1.29 is 4.79 Å². The van der Waals surface area contributed by atoms with Gasteiger partial charge in [0.15, 0.2) is 5.69 Å². The summed E-state index contributed by atoms with van der Waals surface area (Å²) in [6.45, 7) is 4.44. The molecule has 2 aromatic rings. The summed E-state index contributed by atoms with van der Waals surface area (Å²) >= 11 is 0. The Hall–Kier alpha value is -2.43. The topological polar surface area (TPSA) is 58.1 Å². The zero-order chi connectivity index (χ0) is 16.8. The molecule has 5 heteroatoms. The van der Waals surface area contributed by atoms with Crippen LogP contribution in [0.15, 0.2) is 36.4 Å². The highest BCUT2D eigenvalue weighted by Gasteiger charge is 2.18. The third-order valence-corrected chi connectivity index (χ3v) is 4.50. The Kier molecular flexibility index (Phi) is 5.41. The molecule has 1 aromatic carbocycles. The van der Waals surface area contributed by atoms with Gasteiger partial charge >= 0.3 is 0 Å². The van der Waals surface area contributed by atoms with Crippen molar-refractivity contribution in [3.05, 3.63) is 53.2 Å². The number of carbonyl (C=O) groups excluding carboxylic acids is 1. The number of aromatic nitrogens is 2. The Morgan fingerprint density at radius 3 is 2.46 bits per heavy atom. The molecule has 1 N–H and O–H groups in total. The van der Waals surface area contributed by atoms with Crippen molar-refractivity contribution in [1.29, 1.82) is 0 Å². The molecule has 1 saturated heterocycles. The molecular formula is C19H24N4O. The van der Waals surface area contributed by atoms with Gasteiger partial charge in [-0.1, -0.05) is 37.1 Å². The lowest BCUT2D eigenvalue weighted by Gasteiger charge is -2.19. The molecule has 5 nitrogen and oxygen atoms in total. The molecule has 1 aromatic heterocycles. The van der Waals surface area contributed by atoms with E-state index in [2.05, 4.69) is 34.6 Å². The summed E-state index contributed by atoms with van der Waals surface area (Å²) in [5, 5.41) is 11.5. The van der Waals surface area contributed by atoms with Crippen LogP contribution in [0.4, 0.5) is 5.82 Å². The van der Waals surface area contributed by atoms with Gasteiger partial charge in [0.2, 0.25) is 0 Å². The average Bonchev–Trinajstić information content (AvgIpc) is 2.90. The second-order valence-electron chi connectivity index (χ2n) is 6.29. The van der Waals surface area contributed by atoms with Crippen molar-refractivity contribution in [3.63, 3.8) is 0 Å². The van der Waals surface area contributed by atoms with E-state index in [0.29, 0.717) is 18.1 Å². The maximum absolute atomic E-state index is 12.5. The number of nitrogens with one attached hydrogen (secondary N) is 1. The monoisotopic (exact) mass is 324 g/mol. The third kappa shape index (κ3) is 4.10. The highest BCUT2D eigenvalue weighted by molar-refractivity contribution is 5.92. The van der Waals surface area contributed by atoms with Crippen molar-refractivity contribution in [3.8, 4) is 0 Å². The van der Waals surface area contributed by atoms with Crippen LogP contribution in [-0.4, -0.2) is 34.1 Å². The van der Waals surface area contributed by atoms with Gasteiger partial charge in [-0.2, -0.15) is 0 Å². The first-order chi connectivity index (χ1) is 11.7. The number of rotatable bonds is 4. The molecule has 0 spiro atoms. The van der Waals surface area contributed by atoms with Gasteiger partial charge in [0.25, 0.3) is 5.91 Å². The Labute approximate surface area is 143 Å². The van der Waals surface area contributed by atoms with E-state index < -0.39 is 0 Å². The summed E-state index contributed by atoms with van der Waals surface area (Å²) in [4.78, 5) is 14.4. The quantitative estimate of drug-likeness (QED) is 0.936. The largest absolute Gasteiger partial charge is 0.364 e. The fourth-order valence-electron chi connectivity index (χ4n) is 2.97. The van der Waals surface area contributed by atoms with Crippen LogP contribution in [0, 0.1) is 6.92 Å². The van der Waals surface area contributed by atoms with Crippen molar-refractivity contribution >= 4 is 11.7 Å². The second-order valence-corrected chi connectivity index (χ2v) is 6.29. The predicted molar refractivity (Wildman–Crippen MR) is 94.9 cm³/mol. The minimum Gasteiger partial charge on any atom is -0.364 e. The molecule has 0 radical (unpaired) electrons. The predicted octanol–water partition coefficient (Wildman–Crippen LogP) is 3.41. The zero-order valence-corrected chi connectivity index (χ0v) is 14.2. The lowest BCUT2D eigenvalue weighted by molar-refractivity contribution is 0.0754. The lowest BCUT2D eigenvalue weighted by atomic mass is 10.1. The Morgan fingerprint density at radius 2 is 1.79 bits per heavy atom. The van der Waals surface area contributed by atoms with E-state index in [1.165, 1.54) is 24.0 Å². The van der Waals surface area contributed by atoms with Gasteiger partial charge in [-0.3, -0.25) is 4.79 Å². The van der Waals surface area contributed by atoms with Crippen molar-refractivity contribution in [2.24, 2.45) is 0 Å². The Balaban J connectivity index is 1.60. The number of benzene rings is 1. The van der Waals surface area contributed by atoms with E-state index in [4.69, 9.17) is 0 Å². The van der Waals surface area contributed by atoms with Crippen LogP contribution in [0.3, 0.4) is 0 Å². The first-order valence-electron chi connectivity index (χ1n) is 8.65. The molecular weight excluding hydrogens is 300 g/mol. The molecule has 3 rings (SSSR count). The normalized spacial score (nSPS) is 15.0. The van der Waals surface area contributed by atoms with Gasteiger partial charge in [0, 0.05) is 19.6 Å². The lowest BCUT2D eigenvalue weighted by Crippen LogP contribution is -2.32. The number of amides is 1. The summed E-state index contributed by atoms with van der Waals surface area (Å²) < 4.78 is 0. The highest BCUT2D eigenvalue weighted by Crippen LogP contribution is 2.14. The first-order valence-corrected chi connectivity index (χ1v) is 8.65. The van der Waals surface area contributed by atoms with Crippen LogP contribution in [0.25, 0.3) is 0 Å². The van der Waals surface area contributed by atoms with E-state index >= 15 is 0 Å². The molecule has 1 fully saturated rings. The van der Waals surface area contributed by atoms with Gasteiger partial charge < -0.3 is 10.2 Å². The zero-order valence-electron chi connectivity index (χ0n) is 14.2. The smallest absolute Gasteiger partial charge is 0.274 e. The van der Waals surface area contributed by atoms with Crippen LogP contribution < -0.4 is 5.32 Å². The van der Waals surface area contributed by atoms with Crippen molar-refractivity contribution in [1.82, 2.24) is 15.1 Å². The third-order valence-electron chi connectivity index (χ3n) is 4.50. The number of carbonyl (C=O) groups is 1. The number of nitrogens with zero attached hydrogens (tertiary/aromatic N) is 3. The summed E-state index contributed by atoms with van der Waals surface area (Å²) in [5.74, 6) is 0.681. The maximum Gasteiger partial charge on any atom is 0.274 e. The van der Waals surface area contributed by atoms with E-state index in [0.717, 1.165) is 25.9 Å². The summed E-state index contributed by atoms with van der Waals surface area (Å²) in [5.41, 5.74) is 2.90. The standard InChI is InChI=1S/C19H24N4O/c1-15-8-4-5-9-16(15)14-20-18-11-10-17(21-22-18)19(24)23-12-6-2-3-7-13-23/h4-5,8-11H,2-3,6-7,12-14H2,1H3,(H,20,22). The first kappa shape index (κ1) is 16.4. The molecule has 1 aliphatic rings. The van der Waals surface area contributed by atoms with Gasteiger partial charge in [-0.25, -0.2) is 0 Å². The molecule has 1 amide bonds.